The van der Waals surface area contributed by atoms with E-state index in [1.165, 1.54) is 128 Å². The van der Waals surface area contributed by atoms with Crippen LogP contribution in [0.25, 0.3) is 0 Å². The SMILES string of the molecule is CCCCCCCCCCCCOCCCCCCCCCCCC.O=P(O)(O)OP(=O)(O)O. The van der Waals surface area contributed by atoms with Gasteiger partial charge in [0.25, 0.3) is 0 Å². The summed E-state index contributed by atoms with van der Waals surface area (Å²) in [7, 11) is -10.1. The second kappa shape index (κ2) is 26.3. The molecular weight excluding hydrogens is 478 g/mol. The molecule has 0 aliphatic carbocycles. The number of phosphoric acid groups is 2. The van der Waals surface area contributed by atoms with Crippen molar-refractivity contribution >= 4 is 15.6 Å². The largest absolute Gasteiger partial charge is 0.478 e. The Balaban J connectivity index is 0. The van der Waals surface area contributed by atoms with Gasteiger partial charge < -0.3 is 24.3 Å². The third-order valence-corrected chi connectivity index (χ3v) is 7.20. The standard InChI is InChI=1S/C24H50O.H4O7P2/c1-3-5-7-9-11-13-15-17-19-21-23-25-24-22-20-18-16-14-12-10-8-6-4-2;1-8(2,3)7-9(4,5)6/h3-24H2,1-2H3;(H2,1,2,3)(H2,4,5,6). The molecule has 0 aliphatic heterocycles. The van der Waals surface area contributed by atoms with Crippen molar-refractivity contribution in [3.8, 4) is 0 Å². The first-order chi connectivity index (χ1) is 16.1. The fourth-order valence-corrected chi connectivity index (χ4v) is 4.73. The maximum atomic E-state index is 9.63. The van der Waals surface area contributed by atoms with Crippen LogP contribution in [0.1, 0.15) is 142 Å². The zero-order valence-corrected chi connectivity index (χ0v) is 23.7. The molecule has 0 bridgehead atoms. The minimum atomic E-state index is -5.05. The Kier molecular flexibility index (Phi) is 28.1. The van der Waals surface area contributed by atoms with E-state index in [0.717, 1.165) is 13.2 Å². The maximum Gasteiger partial charge on any atom is 0.478 e. The first kappa shape index (κ1) is 36.4. The van der Waals surface area contributed by atoms with Crippen LogP contribution in [-0.2, 0) is 18.2 Å². The molecule has 0 heterocycles. The molecule has 10 heteroatoms. The molecule has 0 saturated carbocycles. The minimum absolute atomic E-state index is 0.994. The summed E-state index contributed by atoms with van der Waals surface area (Å²) >= 11 is 0. The Labute approximate surface area is 209 Å². The molecular formula is C24H54O8P2. The molecule has 0 rings (SSSR count). The van der Waals surface area contributed by atoms with Crippen molar-refractivity contribution < 1.29 is 37.8 Å². The number of unbranched alkanes of at least 4 members (excludes halogenated alkanes) is 18. The summed E-state index contributed by atoms with van der Waals surface area (Å²) in [5, 5.41) is 0. The highest BCUT2D eigenvalue weighted by molar-refractivity contribution is 7.60. The van der Waals surface area contributed by atoms with Gasteiger partial charge in [-0.05, 0) is 12.8 Å². The third-order valence-electron chi connectivity index (χ3n) is 5.50. The summed E-state index contributed by atoms with van der Waals surface area (Å²) in [5.41, 5.74) is 0. The molecule has 34 heavy (non-hydrogen) atoms. The summed E-state index contributed by atoms with van der Waals surface area (Å²) < 4.78 is 28.0. The first-order valence-corrected chi connectivity index (χ1v) is 16.6. The first-order valence-electron chi connectivity index (χ1n) is 13.5. The number of hydrogen-bond acceptors (Lipinski definition) is 4. The highest BCUT2D eigenvalue weighted by Gasteiger charge is 2.27. The van der Waals surface area contributed by atoms with Gasteiger partial charge in [0.15, 0.2) is 0 Å². The van der Waals surface area contributed by atoms with Crippen molar-refractivity contribution in [2.75, 3.05) is 13.2 Å². The molecule has 208 valence electrons. The molecule has 0 spiro atoms. The minimum Gasteiger partial charge on any atom is -0.381 e. The smallest absolute Gasteiger partial charge is 0.381 e. The van der Waals surface area contributed by atoms with Crippen LogP contribution in [0.15, 0.2) is 0 Å². The lowest BCUT2D eigenvalue weighted by molar-refractivity contribution is 0.125. The average Bonchev–Trinajstić information content (AvgIpc) is 2.73. The van der Waals surface area contributed by atoms with E-state index in [-0.39, 0.29) is 0 Å². The molecule has 0 atom stereocenters. The van der Waals surface area contributed by atoms with Crippen molar-refractivity contribution in [2.24, 2.45) is 0 Å². The van der Waals surface area contributed by atoms with E-state index in [9.17, 15) is 9.13 Å². The van der Waals surface area contributed by atoms with E-state index in [1.54, 1.807) is 0 Å². The number of ether oxygens (including phenoxy) is 1. The lowest BCUT2D eigenvalue weighted by atomic mass is 10.1. The van der Waals surface area contributed by atoms with E-state index < -0.39 is 15.6 Å². The predicted molar refractivity (Wildman–Crippen MR) is 140 cm³/mol. The van der Waals surface area contributed by atoms with E-state index >= 15 is 0 Å². The summed E-state index contributed by atoms with van der Waals surface area (Å²) in [4.78, 5) is 31.0. The van der Waals surface area contributed by atoms with Crippen LogP contribution >= 0.6 is 15.6 Å². The van der Waals surface area contributed by atoms with E-state index in [4.69, 9.17) is 24.3 Å². The zero-order chi connectivity index (χ0) is 26.0. The fourth-order valence-electron chi connectivity index (χ4n) is 3.62. The van der Waals surface area contributed by atoms with Gasteiger partial charge in [0.05, 0.1) is 0 Å². The highest BCUT2D eigenvalue weighted by atomic mass is 31.3. The normalized spacial score (nSPS) is 11.9. The number of rotatable bonds is 24. The zero-order valence-electron chi connectivity index (χ0n) is 21.9. The summed E-state index contributed by atoms with van der Waals surface area (Å²) in [5.74, 6) is 0. The van der Waals surface area contributed by atoms with Crippen molar-refractivity contribution in [2.45, 2.75) is 142 Å². The Morgan fingerprint density at radius 1 is 0.441 bits per heavy atom. The van der Waals surface area contributed by atoms with Crippen molar-refractivity contribution in [1.82, 2.24) is 0 Å². The molecule has 0 fully saturated rings. The Bertz CT molecular complexity index is 451. The Hall–Kier alpha value is 0.220. The summed E-state index contributed by atoms with van der Waals surface area (Å²) in [6.45, 7) is 6.57. The molecule has 0 unspecified atom stereocenters. The van der Waals surface area contributed by atoms with Crippen molar-refractivity contribution in [3.05, 3.63) is 0 Å². The van der Waals surface area contributed by atoms with Gasteiger partial charge in [-0.1, -0.05) is 129 Å². The maximum absolute atomic E-state index is 9.63. The average molecular weight is 533 g/mol. The molecule has 0 aromatic rings. The topological polar surface area (TPSA) is 134 Å². The van der Waals surface area contributed by atoms with E-state index in [2.05, 4.69) is 18.2 Å². The van der Waals surface area contributed by atoms with Crippen LogP contribution in [0, 0.1) is 0 Å². The van der Waals surface area contributed by atoms with Crippen LogP contribution in [0.2, 0.25) is 0 Å². The van der Waals surface area contributed by atoms with Crippen LogP contribution in [0.4, 0.5) is 0 Å². The van der Waals surface area contributed by atoms with Crippen molar-refractivity contribution in [3.63, 3.8) is 0 Å². The monoisotopic (exact) mass is 532 g/mol. The summed E-state index contributed by atoms with van der Waals surface area (Å²) in [6, 6.07) is 0. The second-order valence-corrected chi connectivity index (χ2v) is 11.7. The second-order valence-electron chi connectivity index (χ2n) is 9.04. The molecule has 0 saturated heterocycles. The van der Waals surface area contributed by atoms with Gasteiger partial charge in [0.1, 0.15) is 0 Å². The van der Waals surface area contributed by atoms with Gasteiger partial charge in [-0.3, -0.25) is 0 Å². The van der Waals surface area contributed by atoms with Crippen LogP contribution < -0.4 is 0 Å². The third kappa shape index (κ3) is 39.4. The van der Waals surface area contributed by atoms with Gasteiger partial charge in [0, 0.05) is 13.2 Å². The molecule has 0 amide bonds. The Morgan fingerprint density at radius 2 is 0.676 bits per heavy atom. The molecule has 4 N–H and O–H groups in total. The van der Waals surface area contributed by atoms with Crippen LogP contribution in [-0.4, -0.2) is 32.8 Å². The van der Waals surface area contributed by atoms with Crippen LogP contribution in [0.5, 0.6) is 0 Å². The molecule has 0 radical (unpaired) electrons. The molecule has 8 nitrogen and oxygen atoms in total. The lowest BCUT2D eigenvalue weighted by Gasteiger charge is -2.05. The van der Waals surface area contributed by atoms with E-state index in [0.29, 0.717) is 0 Å². The lowest BCUT2D eigenvalue weighted by Crippen LogP contribution is -1.97. The van der Waals surface area contributed by atoms with E-state index in [1.807, 2.05) is 0 Å². The van der Waals surface area contributed by atoms with Crippen LogP contribution in [0.3, 0.4) is 0 Å². The summed E-state index contributed by atoms with van der Waals surface area (Å²) in [6.07, 6.45) is 28.2. The van der Waals surface area contributed by atoms with Gasteiger partial charge in [-0.2, -0.15) is 4.31 Å². The van der Waals surface area contributed by atoms with Gasteiger partial charge >= 0.3 is 15.6 Å². The Morgan fingerprint density at radius 3 is 0.882 bits per heavy atom. The molecule has 0 aromatic heterocycles. The highest BCUT2D eigenvalue weighted by Crippen LogP contribution is 2.53. The van der Waals surface area contributed by atoms with Crippen molar-refractivity contribution in [1.29, 1.82) is 0 Å². The van der Waals surface area contributed by atoms with Gasteiger partial charge in [-0.15, -0.1) is 0 Å². The fraction of sp³-hybridized carbons (Fsp3) is 1.00. The quantitative estimate of drug-likeness (QED) is 0.0725. The van der Waals surface area contributed by atoms with Gasteiger partial charge in [-0.25, -0.2) is 9.13 Å². The number of hydrogen-bond donors (Lipinski definition) is 4. The molecule has 0 aromatic carbocycles. The predicted octanol–water partition coefficient (Wildman–Crippen LogP) is 8.03. The molecule has 0 aliphatic rings. The van der Waals surface area contributed by atoms with Gasteiger partial charge in [0.2, 0.25) is 0 Å².